The first-order chi connectivity index (χ1) is 14.8. The Morgan fingerprint density at radius 2 is 1.90 bits per heavy atom. The van der Waals surface area contributed by atoms with Crippen LogP contribution in [0.2, 0.25) is 0 Å². The summed E-state index contributed by atoms with van der Waals surface area (Å²) >= 11 is 0. The minimum absolute atomic E-state index is 0.184. The lowest BCUT2D eigenvalue weighted by molar-refractivity contribution is 0.162. The standard InChI is InChI=1S/C23H21N5O2/c1-15(18-6-7-24-23-22(18)29-8-9-30-23)12-26-21-11-20(27-14-28-21)17-10-16-4-2-3-5-19(16)25-13-17/h2-7,10-11,13-15H,8-9,12H2,1H3,(H,26,27,28)/t15-/m1/s1. The van der Waals surface area contributed by atoms with Crippen molar-refractivity contribution in [2.45, 2.75) is 12.8 Å². The molecular weight excluding hydrogens is 378 g/mol. The van der Waals surface area contributed by atoms with Crippen molar-refractivity contribution >= 4 is 16.7 Å². The second-order valence-electron chi connectivity index (χ2n) is 7.22. The highest BCUT2D eigenvalue weighted by atomic mass is 16.6. The van der Waals surface area contributed by atoms with Crippen LogP contribution in [0.15, 0.2) is 61.2 Å². The number of nitrogens with one attached hydrogen (secondary N) is 1. The number of hydrogen-bond acceptors (Lipinski definition) is 7. The van der Waals surface area contributed by atoms with Crippen LogP contribution in [0.3, 0.4) is 0 Å². The molecule has 7 nitrogen and oxygen atoms in total. The maximum absolute atomic E-state index is 5.79. The average Bonchev–Trinajstić information content (AvgIpc) is 2.82. The minimum atomic E-state index is 0.184. The Balaban J connectivity index is 1.34. The Bertz CT molecular complexity index is 1200. The van der Waals surface area contributed by atoms with Crippen molar-refractivity contribution in [3.05, 3.63) is 66.7 Å². The summed E-state index contributed by atoms with van der Waals surface area (Å²) in [6, 6.07) is 14.1. The number of hydrogen-bond donors (Lipinski definition) is 1. The molecular formula is C23H21N5O2. The third-order valence-corrected chi connectivity index (χ3v) is 5.14. The van der Waals surface area contributed by atoms with Gasteiger partial charge in [0.2, 0.25) is 0 Å². The first-order valence-electron chi connectivity index (χ1n) is 9.93. The largest absolute Gasteiger partial charge is 0.484 e. The number of fused-ring (bicyclic) bond motifs is 2. The number of anilines is 1. The number of nitrogens with zero attached hydrogens (tertiary/aromatic N) is 4. The van der Waals surface area contributed by atoms with Crippen molar-refractivity contribution in [3.63, 3.8) is 0 Å². The maximum atomic E-state index is 5.79. The second-order valence-corrected chi connectivity index (χ2v) is 7.22. The summed E-state index contributed by atoms with van der Waals surface area (Å²) in [6.07, 6.45) is 5.18. The van der Waals surface area contributed by atoms with E-state index in [0.717, 1.165) is 39.3 Å². The van der Waals surface area contributed by atoms with Gasteiger partial charge in [0, 0.05) is 47.4 Å². The molecule has 0 saturated carbocycles. The lowest BCUT2D eigenvalue weighted by Crippen LogP contribution is -2.19. The fourth-order valence-electron chi connectivity index (χ4n) is 3.55. The van der Waals surface area contributed by atoms with Crippen LogP contribution in [0.1, 0.15) is 18.4 Å². The smallest absolute Gasteiger partial charge is 0.257 e. The van der Waals surface area contributed by atoms with E-state index in [4.69, 9.17) is 9.47 Å². The summed E-state index contributed by atoms with van der Waals surface area (Å²) in [7, 11) is 0. The molecule has 5 rings (SSSR count). The number of rotatable bonds is 5. The Labute approximate surface area is 174 Å². The number of pyridine rings is 2. The molecule has 0 amide bonds. The fourth-order valence-corrected chi connectivity index (χ4v) is 3.55. The van der Waals surface area contributed by atoms with Gasteiger partial charge in [-0.1, -0.05) is 25.1 Å². The maximum Gasteiger partial charge on any atom is 0.257 e. The van der Waals surface area contributed by atoms with E-state index in [1.54, 1.807) is 12.5 Å². The van der Waals surface area contributed by atoms with Gasteiger partial charge in [0.15, 0.2) is 5.75 Å². The van der Waals surface area contributed by atoms with Crippen LogP contribution < -0.4 is 14.8 Å². The molecule has 0 aliphatic carbocycles. The predicted octanol–water partition coefficient (Wildman–Crippen LogP) is 4.07. The zero-order valence-electron chi connectivity index (χ0n) is 16.6. The Kier molecular flexibility index (Phi) is 4.85. The van der Waals surface area contributed by atoms with E-state index in [9.17, 15) is 0 Å². The van der Waals surface area contributed by atoms with Gasteiger partial charge in [0.25, 0.3) is 5.88 Å². The van der Waals surface area contributed by atoms with Crippen LogP contribution in [0, 0.1) is 0 Å². The third kappa shape index (κ3) is 3.61. The monoisotopic (exact) mass is 399 g/mol. The predicted molar refractivity (Wildman–Crippen MR) is 115 cm³/mol. The van der Waals surface area contributed by atoms with E-state index < -0.39 is 0 Å². The molecule has 0 unspecified atom stereocenters. The molecule has 3 aromatic heterocycles. The van der Waals surface area contributed by atoms with E-state index in [2.05, 4.69) is 44.3 Å². The molecule has 1 aromatic carbocycles. The number of benzene rings is 1. The summed E-state index contributed by atoms with van der Waals surface area (Å²) in [5, 5.41) is 4.49. The van der Waals surface area contributed by atoms with Crippen LogP contribution in [-0.4, -0.2) is 39.7 Å². The van der Waals surface area contributed by atoms with Gasteiger partial charge in [-0.25, -0.2) is 15.0 Å². The van der Waals surface area contributed by atoms with Gasteiger partial charge < -0.3 is 14.8 Å². The molecule has 7 heteroatoms. The van der Waals surface area contributed by atoms with Crippen molar-refractivity contribution in [1.29, 1.82) is 0 Å². The molecule has 1 aliphatic heterocycles. The van der Waals surface area contributed by atoms with E-state index >= 15 is 0 Å². The molecule has 1 aliphatic rings. The van der Waals surface area contributed by atoms with E-state index in [0.29, 0.717) is 25.6 Å². The minimum Gasteiger partial charge on any atom is -0.484 e. The van der Waals surface area contributed by atoms with E-state index in [-0.39, 0.29) is 5.92 Å². The van der Waals surface area contributed by atoms with Gasteiger partial charge in [0.05, 0.1) is 11.2 Å². The molecule has 4 aromatic rings. The number of aromatic nitrogens is 4. The number of ether oxygens (including phenoxy) is 2. The quantitative estimate of drug-likeness (QED) is 0.542. The molecule has 4 heterocycles. The highest BCUT2D eigenvalue weighted by Crippen LogP contribution is 2.35. The summed E-state index contributed by atoms with van der Waals surface area (Å²) in [5.41, 5.74) is 3.83. The van der Waals surface area contributed by atoms with Crippen LogP contribution in [0.25, 0.3) is 22.2 Å². The van der Waals surface area contributed by atoms with Crippen LogP contribution in [-0.2, 0) is 0 Å². The second kappa shape index (κ2) is 7.94. The van der Waals surface area contributed by atoms with Gasteiger partial charge in [0.1, 0.15) is 25.4 Å². The molecule has 0 bridgehead atoms. The Hall–Kier alpha value is -3.74. The van der Waals surface area contributed by atoms with Gasteiger partial charge in [-0.3, -0.25) is 4.98 Å². The SMILES string of the molecule is C[C@H](CNc1cc(-c2cnc3ccccc3c2)ncn1)c1ccnc2c1OCCO2. The van der Waals surface area contributed by atoms with Crippen LogP contribution in [0.4, 0.5) is 5.82 Å². The molecule has 30 heavy (non-hydrogen) atoms. The van der Waals surface area contributed by atoms with Crippen molar-refractivity contribution in [2.24, 2.45) is 0 Å². The van der Waals surface area contributed by atoms with Crippen molar-refractivity contribution in [2.75, 3.05) is 25.1 Å². The van der Waals surface area contributed by atoms with Gasteiger partial charge in [-0.15, -0.1) is 0 Å². The van der Waals surface area contributed by atoms with E-state index in [1.807, 2.05) is 36.5 Å². The summed E-state index contributed by atoms with van der Waals surface area (Å²) < 4.78 is 11.4. The lowest BCUT2D eigenvalue weighted by atomic mass is 10.0. The molecule has 0 radical (unpaired) electrons. The highest BCUT2D eigenvalue weighted by Gasteiger charge is 2.20. The summed E-state index contributed by atoms with van der Waals surface area (Å²) in [6.45, 7) is 3.90. The molecule has 1 atom stereocenters. The van der Waals surface area contributed by atoms with Crippen LogP contribution >= 0.6 is 0 Å². The van der Waals surface area contributed by atoms with Crippen molar-refractivity contribution in [1.82, 2.24) is 19.9 Å². The van der Waals surface area contributed by atoms with Gasteiger partial charge in [-0.2, -0.15) is 0 Å². The highest BCUT2D eigenvalue weighted by molar-refractivity contribution is 5.83. The topological polar surface area (TPSA) is 82.1 Å². The molecule has 0 saturated heterocycles. The Morgan fingerprint density at radius 1 is 1.00 bits per heavy atom. The zero-order valence-corrected chi connectivity index (χ0v) is 16.6. The number of para-hydroxylation sites is 1. The normalized spacial score (nSPS) is 13.8. The molecule has 0 spiro atoms. The fraction of sp³-hybridized carbons (Fsp3) is 0.217. The van der Waals surface area contributed by atoms with Gasteiger partial charge >= 0.3 is 0 Å². The van der Waals surface area contributed by atoms with Crippen LogP contribution in [0.5, 0.6) is 11.6 Å². The van der Waals surface area contributed by atoms with Crippen molar-refractivity contribution < 1.29 is 9.47 Å². The van der Waals surface area contributed by atoms with Crippen molar-refractivity contribution in [3.8, 4) is 22.9 Å². The Morgan fingerprint density at radius 3 is 2.87 bits per heavy atom. The van der Waals surface area contributed by atoms with E-state index in [1.165, 1.54) is 0 Å². The first kappa shape index (κ1) is 18.3. The zero-order chi connectivity index (χ0) is 20.3. The molecule has 0 fully saturated rings. The lowest BCUT2D eigenvalue weighted by Gasteiger charge is -2.22. The van der Waals surface area contributed by atoms with Gasteiger partial charge in [-0.05, 0) is 18.2 Å². The molecule has 150 valence electrons. The third-order valence-electron chi connectivity index (χ3n) is 5.14. The summed E-state index contributed by atoms with van der Waals surface area (Å²) in [5.74, 6) is 2.26. The average molecular weight is 399 g/mol. The molecule has 1 N–H and O–H groups in total. The summed E-state index contributed by atoms with van der Waals surface area (Å²) in [4.78, 5) is 17.6. The first-order valence-corrected chi connectivity index (χ1v) is 9.93.